The molecule has 0 amide bonds. The summed E-state index contributed by atoms with van der Waals surface area (Å²) in [5.74, 6) is 1.88. The SMILES string of the molecule is COc1cc(OCc2ccccc2)cc(OC)c1C(N)CN. The fourth-order valence-corrected chi connectivity index (χ4v) is 2.22. The van der Waals surface area contributed by atoms with Crippen LogP contribution in [0, 0.1) is 0 Å². The van der Waals surface area contributed by atoms with Gasteiger partial charge in [-0.2, -0.15) is 0 Å². The molecule has 0 radical (unpaired) electrons. The summed E-state index contributed by atoms with van der Waals surface area (Å²) in [4.78, 5) is 0. The first-order valence-electron chi connectivity index (χ1n) is 7.07. The molecule has 0 aliphatic heterocycles. The molecule has 2 rings (SSSR count). The molecule has 0 aliphatic carbocycles. The minimum Gasteiger partial charge on any atom is -0.496 e. The van der Waals surface area contributed by atoms with Gasteiger partial charge in [0.2, 0.25) is 0 Å². The third-order valence-electron chi connectivity index (χ3n) is 3.39. The molecular weight excluding hydrogens is 280 g/mol. The molecule has 0 heterocycles. The molecule has 2 aromatic carbocycles. The van der Waals surface area contributed by atoms with Gasteiger partial charge in [-0.25, -0.2) is 0 Å². The zero-order valence-corrected chi connectivity index (χ0v) is 12.9. The molecular formula is C17H22N2O3. The highest BCUT2D eigenvalue weighted by Crippen LogP contribution is 2.37. The third-order valence-corrected chi connectivity index (χ3v) is 3.39. The quantitative estimate of drug-likeness (QED) is 0.820. The maximum Gasteiger partial charge on any atom is 0.131 e. The molecule has 22 heavy (non-hydrogen) atoms. The minimum atomic E-state index is -0.354. The van der Waals surface area contributed by atoms with Gasteiger partial charge in [0.05, 0.1) is 19.8 Å². The van der Waals surface area contributed by atoms with E-state index < -0.39 is 0 Å². The van der Waals surface area contributed by atoms with Crippen LogP contribution in [0.2, 0.25) is 0 Å². The Kier molecular flexibility index (Phi) is 5.63. The average molecular weight is 302 g/mol. The van der Waals surface area contributed by atoms with Gasteiger partial charge in [-0.15, -0.1) is 0 Å². The summed E-state index contributed by atoms with van der Waals surface area (Å²) in [6, 6.07) is 13.2. The van der Waals surface area contributed by atoms with Crippen molar-refractivity contribution < 1.29 is 14.2 Å². The summed E-state index contributed by atoms with van der Waals surface area (Å²) in [7, 11) is 3.17. The van der Waals surface area contributed by atoms with Gasteiger partial charge in [-0.05, 0) is 5.56 Å². The third kappa shape index (κ3) is 3.69. The lowest BCUT2D eigenvalue weighted by molar-refractivity contribution is 0.299. The molecule has 0 fully saturated rings. The van der Waals surface area contributed by atoms with Gasteiger partial charge < -0.3 is 25.7 Å². The minimum absolute atomic E-state index is 0.303. The van der Waals surface area contributed by atoms with E-state index in [0.29, 0.717) is 30.4 Å². The number of hydrogen-bond acceptors (Lipinski definition) is 5. The van der Waals surface area contributed by atoms with E-state index in [9.17, 15) is 0 Å². The lowest BCUT2D eigenvalue weighted by atomic mass is 10.0. The zero-order chi connectivity index (χ0) is 15.9. The van der Waals surface area contributed by atoms with Crippen LogP contribution >= 0.6 is 0 Å². The number of ether oxygens (including phenoxy) is 3. The topological polar surface area (TPSA) is 79.7 Å². The van der Waals surface area contributed by atoms with Crippen LogP contribution in [0.4, 0.5) is 0 Å². The van der Waals surface area contributed by atoms with Crippen molar-refractivity contribution in [1.82, 2.24) is 0 Å². The molecule has 4 N–H and O–H groups in total. The molecule has 0 bridgehead atoms. The number of benzene rings is 2. The van der Waals surface area contributed by atoms with Crippen molar-refractivity contribution in [3.8, 4) is 17.2 Å². The Morgan fingerprint density at radius 1 is 1.00 bits per heavy atom. The standard InChI is InChI=1S/C17H22N2O3/c1-20-15-8-13(22-11-12-6-4-3-5-7-12)9-16(21-2)17(15)14(19)10-18/h3-9,14H,10-11,18-19H2,1-2H3. The van der Waals surface area contributed by atoms with E-state index in [1.807, 2.05) is 30.3 Å². The van der Waals surface area contributed by atoms with E-state index in [4.69, 9.17) is 25.7 Å². The molecule has 0 saturated heterocycles. The van der Waals surface area contributed by atoms with Gasteiger partial charge in [0.15, 0.2) is 0 Å². The Balaban J connectivity index is 2.25. The predicted octanol–water partition coefficient (Wildman–Crippen LogP) is 2.24. The van der Waals surface area contributed by atoms with Gasteiger partial charge in [-0.1, -0.05) is 30.3 Å². The van der Waals surface area contributed by atoms with Crippen LogP contribution in [0.1, 0.15) is 17.2 Å². The maximum absolute atomic E-state index is 6.04. The fraction of sp³-hybridized carbons (Fsp3) is 0.294. The van der Waals surface area contributed by atoms with Crippen molar-refractivity contribution in [3.63, 3.8) is 0 Å². The summed E-state index contributed by atoms with van der Waals surface area (Å²) < 4.78 is 16.6. The van der Waals surface area contributed by atoms with E-state index in [1.165, 1.54) is 0 Å². The lowest BCUT2D eigenvalue weighted by Crippen LogP contribution is -2.22. The smallest absolute Gasteiger partial charge is 0.131 e. The first kappa shape index (κ1) is 16.1. The number of methoxy groups -OCH3 is 2. The molecule has 0 aliphatic rings. The fourth-order valence-electron chi connectivity index (χ4n) is 2.22. The summed E-state index contributed by atoms with van der Waals surface area (Å²) in [6.45, 7) is 0.770. The van der Waals surface area contributed by atoms with E-state index in [-0.39, 0.29) is 6.04 Å². The van der Waals surface area contributed by atoms with Gasteiger partial charge in [-0.3, -0.25) is 0 Å². The van der Waals surface area contributed by atoms with Crippen LogP contribution in [-0.4, -0.2) is 20.8 Å². The van der Waals surface area contributed by atoms with Crippen LogP contribution in [0.3, 0.4) is 0 Å². The van der Waals surface area contributed by atoms with Crippen LogP contribution in [0.15, 0.2) is 42.5 Å². The first-order chi connectivity index (χ1) is 10.7. The Labute approximate surface area is 130 Å². The highest BCUT2D eigenvalue weighted by Gasteiger charge is 2.18. The first-order valence-corrected chi connectivity index (χ1v) is 7.07. The molecule has 0 aromatic heterocycles. The molecule has 0 spiro atoms. The van der Waals surface area contributed by atoms with Crippen LogP contribution < -0.4 is 25.7 Å². The molecule has 1 unspecified atom stereocenters. The monoisotopic (exact) mass is 302 g/mol. The van der Waals surface area contributed by atoms with E-state index >= 15 is 0 Å². The molecule has 118 valence electrons. The number of rotatable bonds is 7. The van der Waals surface area contributed by atoms with Gasteiger partial charge in [0.1, 0.15) is 23.9 Å². The summed E-state index contributed by atoms with van der Waals surface area (Å²) in [5.41, 5.74) is 13.5. The van der Waals surface area contributed by atoms with Crippen molar-refractivity contribution in [1.29, 1.82) is 0 Å². The highest BCUT2D eigenvalue weighted by atomic mass is 16.5. The lowest BCUT2D eigenvalue weighted by Gasteiger charge is -2.19. The van der Waals surface area contributed by atoms with E-state index in [0.717, 1.165) is 11.1 Å². The summed E-state index contributed by atoms with van der Waals surface area (Å²) >= 11 is 0. The van der Waals surface area contributed by atoms with Crippen LogP contribution in [0.5, 0.6) is 17.2 Å². The second-order valence-electron chi connectivity index (χ2n) is 4.86. The average Bonchev–Trinajstić information content (AvgIpc) is 2.59. The predicted molar refractivity (Wildman–Crippen MR) is 86.3 cm³/mol. The Hall–Kier alpha value is -2.24. The summed E-state index contributed by atoms with van der Waals surface area (Å²) in [5, 5.41) is 0. The Morgan fingerprint density at radius 2 is 1.59 bits per heavy atom. The normalized spacial score (nSPS) is 11.8. The van der Waals surface area contributed by atoms with Gasteiger partial charge in [0, 0.05) is 24.7 Å². The van der Waals surface area contributed by atoms with E-state index in [1.54, 1.807) is 26.4 Å². The molecule has 1 atom stereocenters. The highest BCUT2D eigenvalue weighted by molar-refractivity contribution is 5.52. The molecule has 5 heteroatoms. The number of hydrogen-bond donors (Lipinski definition) is 2. The van der Waals surface area contributed by atoms with Crippen molar-refractivity contribution in [3.05, 3.63) is 53.6 Å². The van der Waals surface area contributed by atoms with Gasteiger partial charge >= 0.3 is 0 Å². The zero-order valence-electron chi connectivity index (χ0n) is 12.9. The maximum atomic E-state index is 6.04. The number of nitrogens with two attached hydrogens (primary N) is 2. The van der Waals surface area contributed by atoms with Crippen molar-refractivity contribution in [2.75, 3.05) is 20.8 Å². The van der Waals surface area contributed by atoms with Gasteiger partial charge in [0.25, 0.3) is 0 Å². The second-order valence-corrected chi connectivity index (χ2v) is 4.86. The van der Waals surface area contributed by atoms with Crippen molar-refractivity contribution in [2.45, 2.75) is 12.6 Å². The largest absolute Gasteiger partial charge is 0.496 e. The second kappa shape index (κ2) is 7.68. The van der Waals surface area contributed by atoms with E-state index in [2.05, 4.69) is 0 Å². The molecule has 5 nitrogen and oxygen atoms in total. The van der Waals surface area contributed by atoms with Crippen LogP contribution in [-0.2, 0) is 6.61 Å². The molecule has 2 aromatic rings. The summed E-state index contributed by atoms with van der Waals surface area (Å²) in [6.07, 6.45) is 0. The van der Waals surface area contributed by atoms with Crippen molar-refractivity contribution >= 4 is 0 Å². The molecule has 0 saturated carbocycles. The Morgan fingerprint density at radius 3 is 2.09 bits per heavy atom. The van der Waals surface area contributed by atoms with Crippen molar-refractivity contribution in [2.24, 2.45) is 11.5 Å². The Bertz CT molecular complexity index is 577. The van der Waals surface area contributed by atoms with Crippen LogP contribution in [0.25, 0.3) is 0 Å².